The zero-order valence-electron chi connectivity index (χ0n) is 16.9. The molecule has 3 aromatic rings. The predicted molar refractivity (Wildman–Crippen MR) is 114 cm³/mol. The highest BCUT2D eigenvalue weighted by atomic mass is 16.6. The van der Waals surface area contributed by atoms with Gasteiger partial charge in [0.1, 0.15) is 12.9 Å². The highest BCUT2D eigenvalue weighted by Crippen LogP contribution is 2.28. The first kappa shape index (κ1) is 18.7. The number of piperidine rings is 1. The Morgan fingerprint density at radius 2 is 2.14 bits per heavy atom. The van der Waals surface area contributed by atoms with E-state index in [1.807, 2.05) is 20.2 Å². The summed E-state index contributed by atoms with van der Waals surface area (Å²) >= 11 is 0. The molecule has 0 saturated carbocycles. The third-order valence-corrected chi connectivity index (χ3v) is 5.54. The van der Waals surface area contributed by atoms with Crippen LogP contribution in [0.3, 0.4) is 0 Å². The summed E-state index contributed by atoms with van der Waals surface area (Å²) in [5, 5.41) is 4.13. The van der Waals surface area contributed by atoms with Crippen molar-refractivity contribution in [3.63, 3.8) is 0 Å². The van der Waals surface area contributed by atoms with E-state index >= 15 is 0 Å². The van der Waals surface area contributed by atoms with E-state index < -0.39 is 0 Å². The van der Waals surface area contributed by atoms with Crippen LogP contribution in [0.2, 0.25) is 0 Å². The highest BCUT2D eigenvalue weighted by Gasteiger charge is 2.19. The molecule has 0 amide bonds. The van der Waals surface area contributed by atoms with Gasteiger partial charge in [-0.3, -0.25) is 4.57 Å². The summed E-state index contributed by atoms with van der Waals surface area (Å²) in [4.78, 5) is 12.2. The van der Waals surface area contributed by atoms with Crippen molar-refractivity contribution in [3.05, 3.63) is 59.9 Å². The Hall–Kier alpha value is -2.66. The first-order chi connectivity index (χ1) is 13.7. The molecule has 1 aromatic heterocycles. The third-order valence-electron chi connectivity index (χ3n) is 5.54. The quantitative estimate of drug-likeness (QED) is 0.483. The first-order valence-electron chi connectivity index (χ1n) is 10.1. The van der Waals surface area contributed by atoms with E-state index in [0.717, 1.165) is 28.9 Å². The van der Waals surface area contributed by atoms with Crippen LogP contribution in [0.4, 0.5) is 0 Å². The van der Waals surface area contributed by atoms with Gasteiger partial charge in [0.05, 0.1) is 16.7 Å². The molecule has 0 spiro atoms. The maximum atomic E-state index is 5.17. The molecule has 1 unspecified atom stereocenters. The molecule has 1 saturated heterocycles. The lowest BCUT2D eigenvalue weighted by Crippen LogP contribution is -2.30. The monoisotopic (exact) mass is 376 g/mol. The number of aromatic nitrogens is 2. The fraction of sp³-hybridized carbons (Fsp3) is 0.391. The Bertz CT molecular complexity index is 991. The second-order valence-corrected chi connectivity index (χ2v) is 7.61. The van der Waals surface area contributed by atoms with Crippen LogP contribution in [-0.4, -0.2) is 46.9 Å². The van der Waals surface area contributed by atoms with Crippen LogP contribution < -0.4 is 0 Å². The van der Waals surface area contributed by atoms with Gasteiger partial charge in [-0.1, -0.05) is 23.4 Å². The van der Waals surface area contributed by atoms with Crippen molar-refractivity contribution in [2.45, 2.75) is 32.6 Å². The summed E-state index contributed by atoms with van der Waals surface area (Å²) < 4.78 is 2.17. The van der Waals surface area contributed by atoms with Crippen LogP contribution in [0.5, 0.6) is 0 Å². The number of likely N-dealkylation sites (tertiary alicyclic amines) is 1. The Balaban J connectivity index is 1.65. The second kappa shape index (κ2) is 8.15. The molecule has 2 heterocycles. The van der Waals surface area contributed by atoms with Gasteiger partial charge in [0.25, 0.3) is 0 Å². The molecule has 2 aromatic carbocycles. The van der Waals surface area contributed by atoms with Gasteiger partial charge in [-0.25, -0.2) is 4.98 Å². The number of fused-ring (bicyclic) bond motifs is 1. The van der Waals surface area contributed by atoms with E-state index in [1.165, 1.54) is 30.6 Å². The van der Waals surface area contributed by atoms with Gasteiger partial charge in [-0.15, -0.1) is 0 Å². The van der Waals surface area contributed by atoms with E-state index in [4.69, 9.17) is 4.84 Å². The molecule has 28 heavy (non-hydrogen) atoms. The number of likely N-dealkylation sites (N-methyl/N-ethyl adjacent to an activating group) is 1. The Kier molecular flexibility index (Phi) is 5.44. The number of hydrogen-bond donors (Lipinski definition) is 0. The molecular weight excluding hydrogens is 348 g/mol. The first-order valence-corrected chi connectivity index (χ1v) is 10.1. The minimum atomic E-state index is 0.571. The van der Waals surface area contributed by atoms with Crippen molar-refractivity contribution in [2.75, 3.05) is 26.7 Å². The fourth-order valence-electron chi connectivity index (χ4n) is 4.02. The minimum absolute atomic E-state index is 0.571. The van der Waals surface area contributed by atoms with Crippen LogP contribution >= 0.6 is 0 Å². The lowest BCUT2D eigenvalue weighted by molar-refractivity contribution is 0.159. The molecule has 1 aliphatic rings. The van der Waals surface area contributed by atoms with Gasteiger partial charge >= 0.3 is 0 Å². The summed E-state index contributed by atoms with van der Waals surface area (Å²) in [7, 11) is 2.22. The van der Waals surface area contributed by atoms with Gasteiger partial charge in [-0.05, 0) is 76.0 Å². The number of benzene rings is 2. The van der Waals surface area contributed by atoms with Crippen molar-refractivity contribution in [1.82, 2.24) is 14.5 Å². The average Bonchev–Trinajstić information content (AvgIpc) is 3.15. The topological polar surface area (TPSA) is 42.7 Å². The minimum Gasteiger partial charge on any atom is -0.396 e. The molecule has 1 aliphatic heterocycles. The summed E-state index contributed by atoms with van der Waals surface area (Å²) in [6, 6.07) is 15.2. The molecule has 5 nitrogen and oxygen atoms in total. The summed E-state index contributed by atoms with van der Waals surface area (Å²) in [6.45, 7) is 6.80. The summed E-state index contributed by atoms with van der Waals surface area (Å²) in [5.41, 5.74) is 6.55. The van der Waals surface area contributed by atoms with Crippen molar-refractivity contribution in [3.8, 4) is 5.69 Å². The number of hydrogen-bond acceptors (Lipinski definition) is 4. The van der Waals surface area contributed by atoms with E-state index in [0.29, 0.717) is 12.5 Å². The normalized spacial score (nSPS) is 18.5. The van der Waals surface area contributed by atoms with Gasteiger partial charge < -0.3 is 9.74 Å². The van der Waals surface area contributed by atoms with E-state index in [2.05, 4.69) is 69.1 Å². The highest BCUT2D eigenvalue weighted by molar-refractivity contribution is 6.00. The largest absolute Gasteiger partial charge is 0.396 e. The molecule has 0 bridgehead atoms. The maximum absolute atomic E-state index is 5.17. The molecule has 0 aliphatic carbocycles. The van der Waals surface area contributed by atoms with Crippen molar-refractivity contribution >= 4 is 16.7 Å². The van der Waals surface area contributed by atoms with Crippen molar-refractivity contribution in [1.29, 1.82) is 0 Å². The number of oxime groups is 1. The molecule has 1 atom stereocenters. The van der Waals surface area contributed by atoms with Crippen LogP contribution in [-0.2, 0) is 4.84 Å². The van der Waals surface area contributed by atoms with Crippen LogP contribution in [0.25, 0.3) is 16.7 Å². The zero-order valence-corrected chi connectivity index (χ0v) is 16.9. The van der Waals surface area contributed by atoms with Crippen LogP contribution in [0, 0.1) is 0 Å². The van der Waals surface area contributed by atoms with Crippen LogP contribution in [0.1, 0.15) is 43.7 Å². The van der Waals surface area contributed by atoms with Crippen LogP contribution in [0.15, 0.2) is 53.9 Å². The Morgan fingerprint density at radius 3 is 2.96 bits per heavy atom. The lowest BCUT2D eigenvalue weighted by atomic mass is 9.90. The van der Waals surface area contributed by atoms with E-state index in [1.54, 1.807) is 0 Å². The lowest BCUT2D eigenvalue weighted by Gasteiger charge is -2.30. The molecule has 4 rings (SSSR count). The predicted octanol–water partition coefficient (Wildman–Crippen LogP) is 4.60. The molecule has 1 fully saturated rings. The van der Waals surface area contributed by atoms with E-state index in [9.17, 15) is 0 Å². The Morgan fingerprint density at radius 1 is 1.25 bits per heavy atom. The number of rotatable bonds is 5. The van der Waals surface area contributed by atoms with Gasteiger partial charge in [-0.2, -0.15) is 0 Å². The second-order valence-electron chi connectivity index (χ2n) is 7.61. The number of nitrogens with zero attached hydrogens (tertiary/aromatic N) is 4. The SMILES string of the molecule is CCON=C(C)c1ccc2c(c1)ncn2-c1cccc(C2CCCN(C)C2)c1. The van der Waals surface area contributed by atoms with Crippen molar-refractivity contribution < 1.29 is 4.84 Å². The summed E-state index contributed by atoms with van der Waals surface area (Å²) in [6.07, 6.45) is 4.45. The van der Waals surface area contributed by atoms with Gasteiger partial charge in [0.15, 0.2) is 0 Å². The summed E-state index contributed by atoms with van der Waals surface area (Å²) in [5.74, 6) is 0.609. The molecule has 0 N–H and O–H groups in total. The Labute approximate surface area is 166 Å². The zero-order chi connectivity index (χ0) is 19.5. The molecule has 0 radical (unpaired) electrons. The molecule has 5 heteroatoms. The van der Waals surface area contributed by atoms with Gasteiger partial charge in [0, 0.05) is 17.8 Å². The van der Waals surface area contributed by atoms with Gasteiger partial charge in [0.2, 0.25) is 0 Å². The fourth-order valence-corrected chi connectivity index (χ4v) is 4.02. The average molecular weight is 377 g/mol. The molecular formula is C23H28N4O. The number of imidazole rings is 1. The molecule has 146 valence electrons. The third kappa shape index (κ3) is 3.80. The van der Waals surface area contributed by atoms with E-state index in [-0.39, 0.29) is 0 Å². The standard InChI is InChI=1S/C23H28N4O/c1-4-28-25-17(2)18-10-11-23-22(14-18)24-16-27(23)21-9-5-7-19(13-21)20-8-6-12-26(3)15-20/h5,7,9-11,13-14,16,20H,4,6,8,12,15H2,1-3H3. The smallest absolute Gasteiger partial charge is 0.114 e. The maximum Gasteiger partial charge on any atom is 0.114 e. The van der Waals surface area contributed by atoms with Crippen molar-refractivity contribution in [2.24, 2.45) is 5.16 Å².